The van der Waals surface area contributed by atoms with Crippen molar-refractivity contribution < 1.29 is 14.0 Å². The standard InChI is InChI=1S/C22H16ClFN2O2/c23-17-6-4-16(5-7-17)21(27)14-3-15-1-10-19(11-2-15)25-22(28)26-20-12-8-18(24)9-13-20/h1-14H,(H2,25,26,28)/b14-3+. The first-order chi connectivity index (χ1) is 13.5. The Morgan fingerprint density at radius 3 is 1.89 bits per heavy atom. The van der Waals surface area contributed by atoms with Gasteiger partial charge in [-0.15, -0.1) is 0 Å². The SMILES string of the molecule is O=C(Nc1ccc(F)cc1)Nc1ccc(/C=C/C(=O)c2ccc(Cl)cc2)cc1. The molecule has 28 heavy (non-hydrogen) atoms. The second-order valence-corrected chi connectivity index (χ2v) is 6.35. The van der Waals surface area contributed by atoms with E-state index in [1.807, 2.05) is 0 Å². The van der Waals surface area contributed by atoms with Crippen molar-refractivity contribution >= 4 is 40.9 Å². The van der Waals surface area contributed by atoms with Crippen LogP contribution in [0.15, 0.2) is 78.9 Å². The van der Waals surface area contributed by atoms with Crippen LogP contribution in [0, 0.1) is 5.82 Å². The van der Waals surface area contributed by atoms with Crippen molar-refractivity contribution in [3.63, 3.8) is 0 Å². The first kappa shape index (κ1) is 19.3. The third-order valence-electron chi connectivity index (χ3n) is 3.83. The minimum absolute atomic E-state index is 0.127. The lowest BCUT2D eigenvalue weighted by atomic mass is 10.1. The molecule has 2 N–H and O–H groups in total. The van der Waals surface area contributed by atoms with Crippen LogP contribution in [0.25, 0.3) is 6.08 Å². The van der Waals surface area contributed by atoms with Gasteiger partial charge in [0.1, 0.15) is 5.82 Å². The molecule has 0 aliphatic carbocycles. The zero-order valence-corrected chi connectivity index (χ0v) is 15.4. The molecule has 140 valence electrons. The second kappa shape index (κ2) is 8.97. The van der Waals surface area contributed by atoms with E-state index in [4.69, 9.17) is 11.6 Å². The number of hydrogen-bond acceptors (Lipinski definition) is 2. The molecule has 6 heteroatoms. The monoisotopic (exact) mass is 394 g/mol. The Bertz CT molecular complexity index is 998. The molecule has 3 rings (SSSR count). The number of amides is 2. The molecule has 0 unspecified atom stereocenters. The summed E-state index contributed by atoms with van der Waals surface area (Å²) in [6, 6.07) is 18.7. The highest BCUT2D eigenvalue weighted by molar-refractivity contribution is 6.30. The van der Waals surface area contributed by atoms with Crippen LogP contribution in [0.4, 0.5) is 20.6 Å². The predicted molar refractivity (Wildman–Crippen MR) is 110 cm³/mol. The van der Waals surface area contributed by atoms with Gasteiger partial charge < -0.3 is 10.6 Å². The number of ketones is 1. The van der Waals surface area contributed by atoms with Gasteiger partial charge in [0.2, 0.25) is 0 Å². The molecule has 3 aromatic rings. The lowest BCUT2D eigenvalue weighted by Gasteiger charge is -2.07. The molecular weight excluding hydrogens is 379 g/mol. The van der Waals surface area contributed by atoms with Gasteiger partial charge in [-0.1, -0.05) is 29.8 Å². The Morgan fingerprint density at radius 2 is 1.32 bits per heavy atom. The highest BCUT2D eigenvalue weighted by Crippen LogP contribution is 2.14. The van der Waals surface area contributed by atoms with Crippen LogP contribution in [-0.2, 0) is 0 Å². The Morgan fingerprint density at radius 1 is 0.786 bits per heavy atom. The van der Waals surface area contributed by atoms with Crippen LogP contribution in [0.3, 0.4) is 0 Å². The van der Waals surface area contributed by atoms with Crippen molar-refractivity contribution in [2.45, 2.75) is 0 Å². The van der Waals surface area contributed by atoms with E-state index in [1.165, 1.54) is 30.3 Å². The van der Waals surface area contributed by atoms with E-state index >= 15 is 0 Å². The quantitative estimate of drug-likeness (QED) is 0.410. The molecule has 0 saturated carbocycles. The molecule has 2 amide bonds. The number of carbonyl (C=O) groups excluding carboxylic acids is 2. The van der Waals surface area contributed by atoms with Crippen molar-refractivity contribution in [2.75, 3.05) is 10.6 Å². The summed E-state index contributed by atoms with van der Waals surface area (Å²) < 4.78 is 12.9. The number of anilines is 2. The largest absolute Gasteiger partial charge is 0.323 e. The average Bonchev–Trinajstić information content (AvgIpc) is 2.69. The number of nitrogens with one attached hydrogen (secondary N) is 2. The van der Waals surface area contributed by atoms with Crippen LogP contribution in [0.2, 0.25) is 5.02 Å². The topological polar surface area (TPSA) is 58.2 Å². The zero-order valence-electron chi connectivity index (χ0n) is 14.7. The van der Waals surface area contributed by atoms with Gasteiger partial charge in [-0.2, -0.15) is 0 Å². The smallest absolute Gasteiger partial charge is 0.308 e. The third kappa shape index (κ3) is 5.53. The maximum atomic E-state index is 12.9. The van der Waals surface area contributed by atoms with Crippen LogP contribution >= 0.6 is 11.6 Å². The highest BCUT2D eigenvalue weighted by Gasteiger charge is 2.04. The summed E-state index contributed by atoms with van der Waals surface area (Å²) in [5.74, 6) is -0.498. The molecule has 0 aliphatic heterocycles. The first-order valence-electron chi connectivity index (χ1n) is 8.41. The fraction of sp³-hybridized carbons (Fsp3) is 0. The van der Waals surface area contributed by atoms with Crippen LogP contribution in [0.5, 0.6) is 0 Å². The maximum absolute atomic E-state index is 12.9. The van der Waals surface area contributed by atoms with Crippen molar-refractivity contribution in [1.29, 1.82) is 0 Å². The first-order valence-corrected chi connectivity index (χ1v) is 8.79. The normalized spacial score (nSPS) is 10.6. The van der Waals surface area contributed by atoms with Crippen molar-refractivity contribution in [3.8, 4) is 0 Å². The van der Waals surface area contributed by atoms with E-state index in [0.29, 0.717) is 22.0 Å². The predicted octanol–water partition coefficient (Wildman–Crippen LogP) is 6.02. The van der Waals surface area contributed by atoms with E-state index in [1.54, 1.807) is 54.6 Å². The average molecular weight is 395 g/mol. The number of hydrogen-bond donors (Lipinski definition) is 2. The van der Waals surface area contributed by atoms with E-state index in [2.05, 4.69) is 10.6 Å². The number of urea groups is 1. The molecule has 0 heterocycles. The highest BCUT2D eigenvalue weighted by atomic mass is 35.5. The third-order valence-corrected chi connectivity index (χ3v) is 4.08. The van der Waals surface area contributed by atoms with Gasteiger partial charge in [0.05, 0.1) is 0 Å². The summed E-state index contributed by atoms with van der Waals surface area (Å²) >= 11 is 5.81. The van der Waals surface area contributed by atoms with Gasteiger partial charge in [-0.25, -0.2) is 9.18 Å². The molecule has 0 radical (unpaired) electrons. The van der Waals surface area contributed by atoms with Gasteiger partial charge >= 0.3 is 6.03 Å². The van der Waals surface area contributed by atoms with Gasteiger partial charge in [-0.3, -0.25) is 4.79 Å². The Balaban J connectivity index is 1.56. The van der Waals surface area contributed by atoms with Crippen LogP contribution < -0.4 is 10.6 Å². The molecule has 0 fully saturated rings. The number of benzene rings is 3. The molecule has 0 bridgehead atoms. The minimum Gasteiger partial charge on any atom is -0.308 e. The summed E-state index contributed by atoms with van der Waals surface area (Å²) in [6.45, 7) is 0. The fourth-order valence-corrected chi connectivity index (χ4v) is 2.51. The van der Waals surface area contributed by atoms with E-state index in [9.17, 15) is 14.0 Å². The fourth-order valence-electron chi connectivity index (χ4n) is 2.39. The number of allylic oxidation sites excluding steroid dienone is 1. The molecule has 0 atom stereocenters. The van der Waals surface area contributed by atoms with Gasteiger partial charge in [0.25, 0.3) is 0 Å². The molecule has 0 saturated heterocycles. The van der Waals surface area contributed by atoms with Crippen LogP contribution in [0.1, 0.15) is 15.9 Å². The Labute approximate surface area is 166 Å². The lowest BCUT2D eigenvalue weighted by molar-refractivity contribution is 0.104. The summed E-state index contributed by atoms with van der Waals surface area (Å²) in [5.41, 5.74) is 2.43. The van der Waals surface area contributed by atoms with Crippen LogP contribution in [-0.4, -0.2) is 11.8 Å². The lowest BCUT2D eigenvalue weighted by Crippen LogP contribution is -2.19. The molecule has 0 aliphatic rings. The molecular formula is C22H16ClFN2O2. The van der Waals surface area contributed by atoms with Crippen molar-refractivity contribution in [2.24, 2.45) is 0 Å². The van der Waals surface area contributed by atoms with Gasteiger partial charge in [0.15, 0.2) is 5.78 Å². The Hall–Kier alpha value is -3.44. The molecule has 0 spiro atoms. The van der Waals surface area contributed by atoms with Crippen molar-refractivity contribution in [3.05, 3.63) is 101 Å². The maximum Gasteiger partial charge on any atom is 0.323 e. The van der Waals surface area contributed by atoms with Gasteiger partial charge in [0, 0.05) is 22.0 Å². The molecule has 3 aromatic carbocycles. The second-order valence-electron chi connectivity index (χ2n) is 5.91. The summed E-state index contributed by atoms with van der Waals surface area (Å²) in [6.07, 6.45) is 3.17. The number of rotatable bonds is 5. The van der Waals surface area contributed by atoms with E-state index in [-0.39, 0.29) is 11.6 Å². The zero-order chi connectivity index (χ0) is 19.9. The van der Waals surface area contributed by atoms with E-state index in [0.717, 1.165) is 5.56 Å². The summed E-state index contributed by atoms with van der Waals surface area (Å²) in [5, 5.41) is 5.87. The summed E-state index contributed by atoms with van der Waals surface area (Å²) in [7, 11) is 0. The Kier molecular flexibility index (Phi) is 6.19. The van der Waals surface area contributed by atoms with Gasteiger partial charge in [-0.05, 0) is 72.3 Å². The number of carbonyl (C=O) groups is 2. The molecule has 4 nitrogen and oxygen atoms in total. The van der Waals surface area contributed by atoms with E-state index < -0.39 is 6.03 Å². The number of halogens is 2. The minimum atomic E-state index is -0.437. The van der Waals surface area contributed by atoms with Crippen molar-refractivity contribution in [1.82, 2.24) is 0 Å². The summed E-state index contributed by atoms with van der Waals surface area (Å²) in [4.78, 5) is 24.1. The molecule has 0 aromatic heterocycles.